The van der Waals surface area contributed by atoms with Crippen LogP contribution in [-0.4, -0.2) is 62.3 Å². The van der Waals surface area contributed by atoms with Crippen molar-refractivity contribution in [1.82, 2.24) is 4.90 Å². The van der Waals surface area contributed by atoms with Crippen molar-refractivity contribution in [2.24, 2.45) is 0 Å². The first-order chi connectivity index (χ1) is 8.91. The largest absolute Gasteiger partial charge is 1.00 e. The zero-order valence-corrected chi connectivity index (χ0v) is 16.8. The Kier molecular flexibility index (Phi) is 29.5. The van der Waals surface area contributed by atoms with Gasteiger partial charge < -0.3 is 20.9 Å². The fraction of sp³-hybridized carbons (Fsp3) is 1.00. The Morgan fingerprint density at radius 2 is 0.773 bits per heavy atom. The van der Waals surface area contributed by atoms with E-state index in [1.165, 1.54) is 0 Å². The molecule has 0 aliphatic heterocycles. The molecular formula is C15H33Li3N4. The minimum atomic E-state index is 0. The molecule has 0 bridgehead atoms. The monoisotopic (exact) mass is 290 g/mol. The third-order valence-electron chi connectivity index (χ3n) is 2.73. The molecule has 116 valence electrons. The number of hydrogen-bond acceptors (Lipinski definition) is 1. The van der Waals surface area contributed by atoms with Crippen molar-refractivity contribution in [3.05, 3.63) is 16.0 Å². The van der Waals surface area contributed by atoms with Crippen LogP contribution in [0.4, 0.5) is 0 Å². The molecule has 0 fully saturated rings. The maximum absolute atomic E-state index is 4.55. The third-order valence-corrected chi connectivity index (χ3v) is 2.73. The third kappa shape index (κ3) is 23.9. The van der Waals surface area contributed by atoms with E-state index in [2.05, 4.69) is 62.4 Å². The summed E-state index contributed by atoms with van der Waals surface area (Å²) in [6.45, 7) is 18.6. The van der Waals surface area contributed by atoms with Crippen LogP contribution in [0.25, 0.3) is 16.0 Å². The minimum Gasteiger partial charge on any atom is -0.659 e. The zero-order chi connectivity index (χ0) is 14.7. The van der Waals surface area contributed by atoms with Gasteiger partial charge in [0.25, 0.3) is 0 Å². The second-order valence-electron chi connectivity index (χ2n) is 5.84. The molecular weight excluding hydrogens is 257 g/mol. The molecule has 0 saturated carbocycles. The molecule has 0 unspecified atom stereocenters. The van der Waals surface area contributed by atoms with Gasteiger partial charge >= 0.3 is 56.6 Å². The van der Waals surface area contributed by atoms with Gasteiger partial charge in [0.05, 0.1) is 0 Å². The van der Waals surface area contributed by atoms with Crippen LogP contribution in [0.2, 0.25) is 0 Å². The quantitative estimate of drug-likeness (QED) is 0.331. The second kappa shape index (κ2) is 20.7. The first kappa shape index (κ1) is 31.4. The predicted octanol–water partition coefficient (Wildman–Crippen LogP) is -5.35. The van der Waals surface area contributed by atoms with E-state index in [1.807, 2.05) is 0 Å². The molecule has 0 aromatic carbocycles. The molecule has 0 rings (SSSR count). The Hall–Kier alpha value is 1.63. The van der Waals surface area contributed by atoms with E-state index in [0.29, 0.717) is 18.1 Å². The van der Waals surface area contributed by atoms with Crippen LogP contribution in [-0.2, 0) is 0 Å². The molecule has 0 aliphatic rings. The number of hydrogen-bond donors (Lipinski definition) is 0. The Balaban J connectivity index is -0.000000540. The van der Waals surface area contributed by atoms with E-state index in [-0.39, 0.29) is 56.6 Å². The topological polar surface area (TPSA) is 45.5 Å². The molecule has 0 amide bonds. The van der Waals surface area contributed by atoms with Crippen molar-refractivity contribution >= 4 is 0 Å². The molecule has 22 heavy (non-hydrogen) atoms. The summed E-state index contributed by atoms with van der Waals surface area (Å²) >= 11 is 0. The van der Waals surface area contributed by atoms with Crippen LogP contribution in [0.3, 0.4) is 0 Å². The van der Waals surface area contributed by atoms with Gasteiger partial charge in [-0.2, -0.15) is 0 Å². The maximum atomic E-state index is 4.55. The van der Waals surface area contributed by atoms with Crippen molar-refractivity contribution in [1.29, 1.82) is 0 Å². The summed E-state index contributed by atoms with van der Waals surface area (Å²) in [7, 11) is 0. The molecule has 0 aliphatic carbocycles. The molecule has 0 radical (unpaired) electrons. The van der Waals surface area contributed by atoms with Crippen LogP contribution in [0.5, 0.6) is 0 Å². The van der Waals surface area contributed by atoms with Crippen LogP contribution < -0.4 is 56.6 Å². The zero-order valence-electron chi connectivity index (χ0n) is 16.8. The number of rotatable bonds is 12. The van der Waals surface area contributed by atoms with E-state index in [4.69, 9.17) is 0 Å². The predicted molar refractivity (Wildman–Crippen MR) is 86.5 cm³/mol. The van der Waals surface area contributed by atoms with Crippen LogP contribution in [0.15, 0.2) is 0 Å². The van der Waals surface area contributed by atoms with E-state index < -0.39 is 0 Å². The summed E-state index contributed by atoms with van der Waals surface area (Å²) in [5.74, 6) is 0. The normalized spacial score (nSPS) is 10.6. The molecule has 0 spiro atoms. The summed E-state index contributed by atoms with van der Waals surface area (Å²) in [6, 6.07) is 1.30. The first-order valence-corrected chi connectivity index (χ1v) is 7.64. The van der Waals surface area contributed by atoms with Crippen molar-refractivity contribution < 1.29 is 56.6 Å². The van der Waals surface area contributed by atoms with Gasteiger partial charge in [0.2, 0.25) is 0 Å². The Morgan fingerprint density at radius 3 is 0.955 bits per heavy atom. The van der Waals surface area contributed by atoms with E-state index in [0.717, 1.165) is 39.3 Å². The van der Waals surface area contributed by atoms with Gasteiger partial charge in [0, 0.05) is 0 Å². The van der Waals surface area contributed by atoms with Crippen LogP contribution >= 0.6 is 0 Å². The average molecular weight is 290 g/mol. The summed E-state index contributed by atoms with van der Waals surface area (Å²) in [4.78, 5) is 2.43. The first-order valence-electron chi connectivity index (χ1n) is 7.64. The van der Waals surface area contributed by atoms with Crippen molar-refractivity contribution in [3.63, 3.8) is 0 Å². The van der Waals surface area contributed by atoms with Crippen LogP contribution in [0, 0.1) is 0 Å². The van der Waals surface area contributed by atoms with Crippen molar-refractivity contribution in [2.75, 3.05) is 39.3 Å². The Morgan fingerprint density at radius 1 is 0.545 bits per heavy atom. The average Bonchev–Trinajstić information content (AvgIpc) is 2.26. The van der Waals surface area contributed by atoms with Gasteiger partial charge in [-0.25, -0.2) is 0 Å². The fourth-order valence-corrected chi connectivity index (χ4v) is 1.71. The molecule has 4 nitrogen and oxygen atoms in total. The summed E-state index contributed by atoms with van der Waals surface area (Å²) < 4.78 is 0. The second-order valence-corrected chi connectivity index (χ2v) is 5.84. The van der Waals surface area contributed by atoms with E-state index >= 15 is 0 Å². The molecule has 0 saturated heterocycles. The van der Waals surface area contributed by atoms with Crippen molar-refractivity contribution in [2.45, 2.75) is 59.7 Å². The molecule has 7 heteroatoms. The number of nitrogens with zero attached hydrogens (tertiary/aromatic N) is 4. The molecule has 0 atom stereocenters. The van der Waals surface area contributed by atoms with Gasteiger partial charge in [-0.1, -0.05) is 41.5 Å². The maximum Gasteiger partial charge on any atom is 1.00 e. The summed E-state index contributed by atoms with van der Waals surface area (Å²) in [5.41, 5.74) is 0. The molecule has 0 aromatic heterocycles. The Labute approximate surface area is 175 Å². The van der Waals surface area contributed by atoms with E-state index in [9.17, 15) is 0 Å². The van der Waals surface area contributed by atoms with Gasteiger partial charge in [0.15, 0.2) is 0 Å². The molecule has 0 heterocycles. The Bertz CT molecular complexity index is 172. The summed E-state index contributed by atoms with van der Waals surface area (Å²) in [6.07, 6.45) is 0. The van der Waals surface area contributed by atoms with Crippen molar-refractivity contribution in [3.8, 4) is 0 Å². The van der Waals surface area contributed by atoms with Crippen LogP contribution in [0.1, 0.15) is 41.5 Å². The molecule has 0 N–H and O–H groups in total. The minimum absolute atomic E-state index is 0. The van der Waals surface area contributed by atoms with E-state index in [1.54, 1.807) is 0 Å². The van der Waals surface area contributed by atoms with Gasteiger partial charge in [-0.15, -0.1) is 37.8 Å². The molecule has 0 aromatic rings. The van der Waals surface area contributed by atoms with Gasteiger partial charge in [0.1, 0.15) is 0 Å². The van der Waals surface area contributed by atoms with Gasteiger partial charge in [-0.05, 0) is 19.6 Å². The summed E-state index contributed by atoms with van der Waals surface area (Å²) in [5, 5.41) is 13.6. The fourth-order valence-electron chi connectivity index (χ4n) is 1.71. The SMILES string of the molecule is CC(C)[N-]CCN(CC[N-]C(C)C)CC[N-]C(C)C.[Li+].[Li+].[Li+]. The standard InChI is InChI=1S/C15H33N4.3Li/c1-13(2)16-7-10-19(11-8-17-14(3)4)12-9-18-15(5)6;;;/h13-15H,7-12H2,1-6H3;;;/q-3;3*+1. The van der Waals surface area contributed by atoms with Gasteiger partial charge in [-0.3, -0.25) is 0 Å². The smallest absolute Gasteiger partial charge is 0.659 e.